The first-order valence-corrected chi connectivity index (χ1v) is 17.2. The van der Waals surface area contributed by atoms with Crippen LogP contribution in [-0.2, 0) is 9.53 Å². The van der Waals surface area contributed by atoms with Crippen molar-refractivity contribution in [1.29, 1.82) is 0 Å². The highest BCUT2D eigenvalue weighted by atomic mass is 19.1. The second kappa shape index (κ2) is 17.7. The molecule has 0 aromatic heterocycles. The first-order valence-electron chi connectivity index (χ1n) is 17.2. The van der Waals surface area contributed by atoms with Crippen molar-refractivity contribution in [1.82, 2.24) is 0 Å². The zero-order valence-electron chi connectivity index (χ0n) is 29.2. The topological polar surface area (TPSA) is 80.3 Å². The number of rotatable bonds is 17. The molecule has 0 saturated heterocycles. The average Bonchev–Trinajstić information content (AvgIpc) is 3.09. The number of ether oxygens (including phenoxy) is 5. The Morgan fingerprint density at radius 1 is 0.673 bits per heavy atom. The van der Waals surface area contributed by atoms with Gasteiger partial charge in [-0.2, -0.15) is 0 Å². The highest BCUT2D eigenvalue weighted by molar-refractivity contribution is 5.94. The minimum Gasteiger partial charge on any atom is -0.493 e. The first kappa shape index (κ1) is 37.2. The van der Waals surface area contributed by atoms with Crippen LogP contribution in [0.3, 0.4) is 0 Å². The predicted octanol–water partition coefficient (Wildman–Crippen LogP) is 10.2. The van der Waals surface area contributed by atoms with Gasteiger partial charge in [-0.1, -0.05) is 58.9 Å². The molecular weight excluding hydrogens is 630 g/mol. The average molecular weight is 677 g/mol. The number of carbonyl (C=O) groups excluding carboxylic acids is 2. The summed E-state index contributed by atoms with van der Waals surface area (Å²) in [4.78, 5) is 25.8. The molecule has 4 aromatic carbocycles. The van der Waals surface area contributed by atoms with Crippen LogP contribution < -0.4 is 18.9 Å². The molecule has 1 atom stereocenters. The van der Waals surface area contributed by atoms with Crippen LogP contribution in [-0.4, -0.2) is 37.9 Å². The van der Waals surface area contributed by atoms with Gasteiger partial charge in [0.2, 0.25) is 0 Å². The van der Waals surface area contributed by atoms with Crippen molar-refractivity contribution in [2.24, 2.45) is 0 Å². The van der Waals surface area contributed by atoms with E-state index in [4.69, 9.17) is 23.7 Å². The molecule has 0 unspecified atom stereocenters. The summed E-state index contributed by atoms with van der Waals surface area (Å²) >= 11 is 0. The lowest BCUT2D eigenvalue weighted by Gasteiger charge is -2.19. The third-order valence-corrected chi connectivity index (χ3v) is 8.06. The molecule has 0 saturated carbocycles. The van der Waals surface area contributed by atoms with Gasteiger partial charge in [-0.05, 0) is 85.2 Å². The van der Waals surface area contributed by atoms with Gasteiger partial charge in [0.25, 0.3) is 0 Å². The van der Waals surface area contributed by atoms with Gasteiger partial charge in [0.05, 0.1) is 31.3 Å². The minimum absolute atomic E-state index is 0.113. The zero-order chi connectivity index (χ0) is 35.5. The fourth-order valence-electron chi connectivity index (χ4n) is 5.31. The zero-order valence-corrected chi connectivity index (χ0v) is 29.2. The second-order valence-electron chi connectivity index (χ2n) is 11.9. The van der Waals surface area contributed by atoms with Crippen molar-refractivity contribution in [3.8, 4) is 34.1 Å². The summed E-state index contributed by atoms with van der Waals surface area (Å²) in [6.07, 6.45) is 3.59. The van der Waals surface area contributed by atoms with E-state index in [2.05, 4.69) is 0 Å². The van der Waals surface area contributed by atoms with E-state index in [-0.39, 0.29) is 23.4 Å². The number of hydrogen-bond acceptors (Lipinski definition) is 7. The van der Waals surface area contributed by atoms with Gasteiger partial charge in [-0.15, -0.1) is 0 Å². The van der Waals surface area contributed by atoms with Crippen molar-refractivity contribution in [3.05, 3.63) is 83.4 Å². The molecule has 0 heterocycles. The molecule has 0 radical (unpaired) electrons. The maximum Gasteiger partial charge on any atom is 0.349 e. The Hall–Kier alpha value is -4.66. The van der Waals surface area contributed by atoms with Crippen LogP contribution in [0, 0.1) is 11.6 Å². The number of fused-ring (bicyclic) bond motifs is 1. The van der Waals surface area contributed by atoms with Gasteiger partial charge in [-0.3, -0.25) is 4.79 Å². The lowest BCUT2D eigenvalue weighted by atomic mass is 9.97. The highest BCUT2D eigenvalue weighted by Crippen LogP contribution is 2.43. The standard InChI is InChI=1S/C40H46F2O7/c1-7-16-45-32-23-35(46-17-8-2)37(36(24-32)47-18-9-3)29-21-33(41)38(34(42)22-29)40(44)49-31-15-14-27-19-26(12-13-28(27)20-31)25(6)39(43)48-30(10-4)11-5/h12-15,19-25,30H,7-11,16-18H2,1-6H3/t25-/m0/s1. The number of benzene rings is 4. The van der Waals surface area contributed by atoms with Crippen molar-refractivity contribution in [2.45, 2.75) is 85.7 Å². The summed E-state index contributed by atoms with van der Waals surface area (Å²) in [5.74, 6) is -2.77. The molecule has 0 spiro atoms. The van der Waals surface area contributed by atoms with Crippen LogP contribution in [0.25, 0.3) is 21.9 Å². The van der Waals surface area contributed by atoms with Crippen LogP contribution >= 0.6 is 0 Å². The van der Waals surface area contributed by atoms with Gasteiger partial charge in [0, 0.05) is 12.1 Å². The predicted molar refractivity (Wildman–Crippen MR) is 187 cm³/mol. The van der Waals surface area contributed by atoms with Crippen molar-refractivity contribution < 1.29 is 42.1 Å². The number of carbonyl (C=O) groups is 2. The molecule has 0 bridgehead atoms. The normalized spacial score (nSPS) is 11.8. The molecule has 0 fully saturated rings. The lowest BCUT2D eigenvalue weighted by Crippen LogP contribution is -2.20. The maximum absolute atomic E-state index is 15.6. The molecule has 0 aliphatic heterocycles. The van der Waals surface area contributed by atoms with Crippen LogP contribution in [0.4, 0.5) is 8.78 Å². The van der Waals surface area contributed by atoms with Gasteiger partial charge in [-0.25, -0.2) is 13.6 Å². The number of hydrogen-bond donors (Lipinski definition) is 0. The first-order chi connectivity index (χ1) is 23.6. The smallest absolute Gasteiger partial charge is 0.349 e. The molecule has 0 N–H and O–H groups in total. The SMILES string of the molecule is CCCOc1cc(OCCC)c(-c2cc(F)c(C(=O)Oc3ccc4cc([C@H](C)C(=O)OC(CC)CC)ccc4c3)c(F)c2)c(OCCC)c1. The number of halogens is 2. The molecule has 0 aliphatic rings. The van der Waals surface area contributed by atoms with Gasteiger partial charge < -0.3 is 23.7 Å². The van der Waals surface area contributed by atoms with Gasteiger partial charge in [0.15, 0.2) is 0 Å². The van der Waals surface area contributed by atoms with Gasteiger partial charge >= 0.3 is 11.9 Å². The summed E-state index contributed by atoms with van der Waals surface area (Å²) in [5.41, 5.74) is 0.465. The molecule has 49 heavy (non-hydrogen) atoms. The Morgan fingerprint density at radius 3 is 1.80 bits per heavy atom. The van der Waals surface area contributed by atoms with Crippen LogP contribution in [0.2, 0.25) is 0 Å². The summed E-state index contributed by atoms with van der Waals surface area (Å²) in [6.45, 7) is 12.9. The van der Waals surface area contributed by atoms with E-state index in [1.165, 1.54) is 6.07 Å². The van der Waals surface area contributed by atoms with Crippen LogP contribution in [0.15, 0.2) is 60.7 Å². The molecule has 4 aromatic rings. The Labute approximate surface area is 287 Å². The fraction of sp³-hybridized carbons (Fsp3) is 0.400. The summed E-state index contributed by atoms with van der Waals surface area (Å²) in [7, 11) is 0. The monoisotopic (exact) mass is 676 g/mol. The van der Waals surface area contributed by atoms with E-state index in [1.807, 2.05) is 46.8 Å². The highest BCUT2D eigenvalue weighted by Gasteiger charge is 2.25. The van der Waals surface area contributed by atoms with E-state index in [1.54, 1.807) is 37.3 Å². The lowest BCUT2D eigenvalue weighted by molar-refractivity contribution is -0.150. The van der Waals surface area contributed by atoms with Crippen molar-refractivity contribution in [3.63, 3.8) is 0 Å². The van der Waals surface area contributed by atoms with E-state index in [0.29, 0.717) is 55.5 Å². The molecule has 262 valence electrons. The molecule has 4 rings (SSSR count). The summed E-state index contributed by atoms with van der Waals surface area (Å²) in [5, 5.41) is 1.52. The Bertz CT molecular complexity index is 1700. The maximum atomic E-state index is 15.6. The van der Waals surface area contributed by atoms with Gasteiger partial charge in [0.1, 0.15) is 46.3 Å². The second-order valence-corrected chi connectivity index (χ2v) is 11.9. The molecule has 7 nitrogen and oxygen atoms in total. The quantitative estimate of drug-likeness (QED) is 0.0813. The largest absolute Gasteiger partial charge is 0.493 e. The van der Waals surface area contributed by atoms with E-state index in [9.17, 15) is 9.59 Å². The Morgan fingerprint density at radius 2 is 1.22 bits per heavy atom. The van der Waals surface area contributed by atoms with Crippen molar-refractivity contribution in [2.75, 3.05) is 19.8 Å². The van der Waals surface area contributed by atoms with Crippen LogP contribution in [0.5, 0.6) is 23.0 Å². The van der Waals surface area contributed by atoms with E-state index in [0.717, 1.165) is 47.7 Å². The number of esters is 2. The van der Waals surface area contributed by atoms with E-state index < -0.39 is 29.1 Å². The van der Waals surface area contributed by atoms with E-state index >= 15 is 8.78 Å². The molecule has 9 heteroatoms. The third kappa shape index (κ3) is 9.28. The Kier molecular flexibility index (Phi) is 13.4. The third-order valence-electron chi connectivity index (χ3n) is 8.06. The molecule has 0 aliphatic carbocycles. The summed E-state index contributed by atoms with van der Waals surface area (Å²) < 4.78 is 60.2. The fourth-order valence-corrected chi connectivity index (χ4v) is 5.31. The van der Waals surface area contributed by atoms with Crippen molar-refractivity contribution >= 4 is 22.7 Å². The summed E-state index contributed by atoms with van der Waals surface area (Å²) in [6, 6.07) is 15.9. The Balaban J connectivity index is 1.60. The molecule has 0 amide bonds. The minimum atomic E-state index is -1.18. The van der Waals surface area contributed by atoms with Crippen LogP contribution in [0.1, 0.15) is 95.5 Å². The molecular formula is C40H46F2O7.